The van der Waals surface area contributed by atoms with Crippen molar-refractivity contribution in [2.75, 3.05) is 13.7 Å². The summed E-state index contributed by atoms with van der Waals surface area (Å²) in [5.41, 5.74) is 1.05. The Morgan fingerprint density at radius 3 is 2.57 bits per heavy atom. The summed E-state index contributed by atoms with van der Waals surface area (Å²) in [6, 6.07) is 7.28. The molecule has 0 spiro atoms. The summed E-state index contributed by atoms with van der Waals surface area (Å²) < 4.78 is 28.2. The Morgan fingerprint density at radius 1 is 1.33 bits per heavy atom. The van der Waals surface area contributed by atoms with Gasteiger partial charge < -0.3 is 5.11 Å². The zero-order valence-corrected chi connectivity index (χ0v) is 13.7. The van der Waals surface area contributed by atoms with Crippen LogP contribution in [0.5, 0.6) is 0 Å². The number of benzene rings is 1. The molecule has 5 nitrogen and oxygen atoms in total. The Hall–Kier alpha value is -1.39. The highest BCUT2D eigenvalue weighted by Crippen LogP contribution is 2.11. The number of nitrogens with zero attached hydrogens (tertiary/aromatic N) is 1. The molecule has 0 aliphatic heterocycles. The van der Waals surface area contributed by atoms with E-state index in [9.17, 15) is 8.42 Å². The van der Waals surface area contributed by atoms with Gasteiger partial charge in [-0.25, -0.2) is 0 Å². The van der Waals surface area contributed by atoms with Crippen LogP contribution < -0.4 is 4.72 Å². The average Bonchev–Trinajstić information content (AvgIpc) is 2.34. The summed E-state index contributed by atoms with van der Waals surface area (Å²) in [6.45, 7) is 5.44. The van der Waals surface area contributed by atoms with Crippen LogP contribution in [0.4, 0.5) is 0 Å². The molecule has 0 aliphatic carbocycles. The Morgan fingerprint density at radius 2 is 2.00 bits per heavy atom. The number of aliphatic hydroxyl groups is 1. The second-order valence-corrected chi connectivity index (χ2v) is 7.55. The molecule has 1 rings (SSSR count). The lowest BCUT2D eigenvalue weighted by Crippen LogP contribution is -2.47. The average molecular weight is 310 g/mol. The maximum atomic E-state index is 12.2. The molecule has 0 aliphatic rings. The normalized spacial score (nSPS) is 12.1. The molecule has 0 heterocycles. The molecule has 6 heteroatoms. The summed E-state index contributed by atoms with van der Waals surface area (Å²) in [7, 11) is -2.01. The highest BCUT2D eigenvalue weighted by Gasteiger charge is 2.24. The van der Waals surface area contributed by atoms with Crippen LogP contribution in [0.25, 0.3) is 0 Å². The van der Waals surface area contributed by atoms with Gasteiger partial charge in [-0.05, 0) is 38.5 Å². The monoisotopic (exact) mass is 310 g/mol. The zero-order valence-electron chi connectivity index (χ0n) is 12.8. The van der Waals surface area contributed by atoms with Crippen LogP contribution in [0.2, 0.25) is 0 Å². The fourth-order valence-electron chi connectivity index (χ4n) is 1.70. The maximum Gasteiger partial charge on any atom is 0.279 e. The van der Waals surface area contributed by atoms with Crippen LogP contribution in [0.1, 0.15) is 31.9 Å². The molecule has 0 radical (unpaired) electrons. The van der Waals surface area contributed by atoms with E-state index in [0.717, 1.165) is 11.1 Å². The Labute approximate surface area is 127 Å². The number of aliphatic hydroxyl groups excluding tert-OH is 1. The lowest BCUT2D eigenvalue weighted by Gasteiger charge is -2.25. The van der Waals surface area contributed by atoms with Gasteiger partial charge in [-0.2, -0.15) is 17.4 Å². The van der Waals surface area contributed by atoms with Crippen LogP contribution in [0, 0.1) is 11.8 Å². The Balaban J connectivity index is 2.86. The first-order valence-electron chi connectivity index (χ1n) is 6.58. The van der Waals surface area contributed by atoms with Crippen molar-refractivity contribution in [1.82, 2.24) is 9.03 Å². The van der Waals surface area contributed by atoms with E-state index in [0.29, 0.717) is 0 Å². The van der Waals surface area contributed by atoms with E-state index in [4.69, 9.17) is 5.11 Å². The molecule has 21 heavy (non-hydrogen) atoms. The van der Waals surface area contributed by atoms with Crippen molar-refractivity contribution in [3.05, 3.63) is 35.4 Å². The highest BCUT2D eigenvalue weighted by atomic mass is 32.2. The number of nitrogens with one attached hydrogen (secondary N) is 1. The third-order valence-electron chi connectivity index (χ3n) is 2.49. The van der Waals surface area contributed by atoms with E-state index < -0.39 is 15.7 Å². The van der Waals surface area contributed by atoms with Gasteiger partial charge in [0.2, 0.25) is 0 Å². The zero-order chi connectivity index (χ0) is 16.1. The lowest BCUT2D eigenvalue weighted by molar-refractivity contribution is 0.350. The molecule has 0 amide bonds. The van der Waals surface area contributed by atoms with Gasteiger partial charge in [0, 0.05) is 24.7 Å². The van der Waals surface area contributed by atoms with Crippen molar-refractivity contribution in [1.29, 1.82) is 0 Å². The van der Waals surface area contributed by atoms with Gasteiger partial charge >= 0.3 is 0 Å². The van der Waals surface area contributed by atoms with Gasteiger partial charge in [-0.1, -0.05) is 24.0 Å². The first kappa shape index (κ1) is 17.7. The second kappa shape index (κ2) is 7.05. The predicted molar refractivity (Wildman–Crippen MR) is 83.7 cm³/mol. The maximum absolute atomic E-state index is 12.2. The van der Waals surface area contributed by atoms with Crippen molar-refractivity contribution in [3.8, 4) is 11.8 Å². The fourth-order valence-corrected chi connectivity index (χ4v) is 2.94. The molecule has 1 aromatic carbocycles. The largest absolute Gasteiger partial charge is 0.384 e. The van der Waals surface area contributed by atoms with Crippen LogP contribution in [0.3, 0.4) is 0 Å². The van der Waals surface area contributed by atoms with Crippen molar-refractivity contribution >= 4 is 10.2 Å². The van der Waals surface area contributed by atoms with E-state index in [-0.39, 0.29) is 13.2 Å². The molecule has 0 atom stereocenters. The van der Waals surface area contributed by atoms with E-state index in [2.05, 4.69) is 16.6 Å². The smallest absolute Gasteiger partial charge is 0.279 e. The number of hydrogen-bond acceptors (Lipinski definition) is 3. The molecule has 1 aromatic rings. The van der Waals surface area contributed by atoms with Crippen LogP contribution in [0.15, 0.2) is 24.3 Å². The van der Waals surface area contributed by atoms with E-state index in [1.165, 1.54) is 11.4 Å². The summed E-state index contributed by atoms with van der Waals surface area (Å²) >= 11 is 0. The van der Waals surface area contributed by atoms with Crippen LogP contribution >= 0.6 is 0 Å². The molecular weight excluding hydrogens is 288 g/mol. The second-order valence-electron chi connectivity index (χ2n) is 5.77. The Bertz CT molecular complexity index is 637. The van der Waals surface area contributed by atoms with Gasteiger partial charge in [0.1, 0.15) is 6.61 Å². The van der Waals surface area contributed by atoms with Gasteiger partial charge in [0.05, 0.1) is 0 Å². The standard InChI is InChI=1S/C15H22N2O3S/c1-15(2,3)16-21(19,20)17(4)12-14-8-5-7-13(11-14)9-6-10-18/h5,7-8,11,16,18H,10,12H2,1-4H3. The first-order valence-corrected chi connectivity index (χ1v) is 8.02. The third-order valence-corrected chi connectivity index (χ3v) is 4.31. The molecule has 2 N–H and O–H groups in total. The van der Waals surface area contributed by atoms with Crippen molar-refractivity contribution in [3.63, 3.8) is 0 Å². The summed E-state index contributed by atoms with van der Waals surface area (Å²) in [6.07, 6.45) is 0. The molecule has 116 valence electrons. The molecule has 0 bridgehead atoms. The quantitative estimate of drug-likeness (QED) is 0.818. The lowest BCUT2D eigenvalue weighted by atomic mass is 10.1. The van der Waals surface area contributed by atoms with E-state index in [1.54, 1.807) is 20.8 Å². The van der Waals surface area contributed by atoms with Crippen molar-refractivity contribution in [2.24, 2.45) is 0 Å². The molecule has 0 aromatic heterocycles. The number of hydrogen-bond donors (Lipinski definition) is 2. The van der Waals surface area contributed by atoms with E-state index >= 15 is 0 Å². The fraction of sp³-hybridized carbons (Fsp3) is 0.467. The highest BCUT2D eigenvalue weighted by molar-refractivity contribution is 7.87. The predicted octanol–water partition coefficient (Wildman–Crippen LogP) is 1.10. The Kier molecular flexibility index (Phi) is 5.93. The topological polar surface area (TPSA) is 69.6 Å². The minimum Gasteiger partial charge on any atom is -0.384 e. The van der Waals surface area contributed by atoms with Gasteiger partial charge in [-0.3, -0.25) is 0 Å². The van der Waals surface area contributed by atoms with Crippen LogP contribution in [-0.2, 0) is 16.8 Å². The molecule has 0 unspecified atom stereocenters. The SMILES string of the molecule is CN(Cc1cccc(C#CCO)c1)S(=O)(=O)NC(C)(C)C. The molecule has 0 saturated carbocycles. The summed E-state index contributed by atoms with van der Waals surface area (Å²) in [5.74, 6) is 5.37. The van der Waals surface area contributed by atoms with Gasteiger partial charge in [0.25, 0.3) is 10.2 Å². The molecular formula is C15H22N2O3S. The summed E-state index contributed by atoms with van der Waals surface area (Å²) in [5, 5.41) is 8.69. The minimum absolute atomic E-state index is 0.200. The molecule has 0 saturated heterocycles. The first-order chi connectivity index (χ1) is 9.64. The van der Waals surface area contributed by atoms with Gasteiger partial charge in [0.15, 0.2) is 0 Å². The van der Waals surface area contributed by atoms with Crippen molar-refractivity contribution in [2.45, 2.75) is 32.9 Å². The van der Waals surface area contributed by atoms with E-state index in [1.807, 2.05) is 24.3 Å². The van der Waals surface area contributed by atoms with Gasteiger partial charge in [-0.15, -0.1) is 0 Å². The number of rotatable bonds is 4. The minimum atomic E-state index is -3.54. The summed E-state index contributed by atoms with van der Waals surface area (Å²) in [4.78, 5) is 0. The molecule has 0 fully saturated rings. The van der Waals surface area contributed by atoms with Crippen molar-refractivity contribution < 1.29 is 13.5 Å². The van der Waals surface area contributed by atoms with Crippen LogP contribution in [-0.4, -0.2) is 37.0 Å². The third kappa shape index (κ3) is 6.27.